The van der Waals surface area contributed by atoms with Crippen molar-refractivity contribution in [1.29, 1.82) is 0 Å². The highest BCUT2D eigenvalue weighted by molar-refractivity contribution is 6.32. The molecule has 2 rings (SSSR count). The Hall–Kier alpha value is -2.14. The van der Waals surface area contributed by atoms with Gasteiger partial charge in [0.05, 0.1) is 10.6 Å². The van der Waals surface area contributed by atoms with Crippen molar-refractivity contribution in [3.05, 3.63) is 64.2 Å². The monoisotopic (exact) mass is 298 g/mol. The molecule has 0 aromatic heterocycles. The van der Waals surface area contributed by atoms with Crippen molar-refractivity contribution >= 4 is 17.6 Å². The predicted octanol–water partition coefficient (Wildman–Crippen LogP) is 3.90. The lowest BCUT2D eigenvalue weighted by Gasteiger charge is -2.09. The Morgan fingerprint density at radius 1 is 1.20 bits per heavy atom. The summed E-state index contributed by atoms with van der Waals surface area (Å²) in [5.41, 5.74) is 0.195. The lowest BCUT2D eigenvalue weighted by atomic mass is 10.2. The van der Waals surface area contributed by atoms with E-state index in [4.69, 9.17) is 21.4 Å². The molecule has 0 saturated heterocycles. The number of aromatic carboxylic acids is 1. The molecule has 104 valence electrons. The summed E-state index contributed by atoms with van der Waals surface area (Å²) < 4.78 is 31.4. The van der Waals surface area contributed by atoms with Crippen molar-refractivity contribution in [3.63, 3.8) is 0 Å². The summed E-state index contributed by atoms with van der Waals surface area (Å²) in [6.45, 7) is -0.141. The van der Waals surface area contributed by atoms with Crippen LogP contribution in [0.4, 0.5) is 8.78 Å². The average Bonchev–Trinajstić information content (AvgIpc) is 2.38. The van der Waals surface area contributed by atoms with Gasteiger partial charge in [-0.05, 0) is 30.3 Å². The Morgan fingerprint density at radius 2 is 1.95 bits per heavy atom. The van der Waals surface area contributed by atoms with Gasteiger partial charge in [0.15, 0.2) is 0 Å². The second-order valence-corrected chi connectivity index (χ2v) is 4.38. The van der Waals surface area contributed by atoms with Crippen LogP contribution < -0.4 is 4.74 Å². The first-order chi connectivity index (χ1) is 9.47. The van der Waals surface area contributed by atoms with E-state index in [2.05, 4.69) is 0 Å². The van der Waals surface area contributed by atoms with Gasteiger partial charge >= 0.3 is 5.97 Å². The molecule has 2 aromatic rings. The topological polar surface area (TPSA) is 46.5 Å². The van der Waals surface area contributed by atoms with Gasteiger partial charge in [0.25, 0.3) is 0 Å². The molecule has 3 nitrogen and oxygen atoms in total. The number of ether oxygens (including phenoxy) is 1. The van der Waals surface area contributed by atoms with Crippen LogP contribution >= 0.6 is 11.6 Å². The van der Waals surface area contributed by atoms with Crippen LogP contribution in [0, 0.1) is 11.6 Å². The maximum atomic E-state index is 13.4. The SMILES string of the molecule is O=C(O)c1ccc(OCc2ccc(F)cc2F)c(Cl)c1. The number of rotatable bonds is 4. The molecule has 0 saturated carbocycles. The van der Waals surface area contributed by atoms with E-state index >= 15 is 0 Å². The van der Waals surface area contributed by atoms with E-state index in [-0.39, 0.29) is 28.5 Å². The van der Waals surface area contributed by atoms with Crippen LogP contribution in [-0.2, 0) is 6.61 Å². The third-order valence-corrected chi connectivity index (χ3v) is 2.87. The van der Waals surface area contributed by atoms with E-state index in [1.165, 1.54) is 24.3 Å². The first kappa shape index (κ1) is 14.3. The molecule has 0 unspecified atom stereocenters. The van der Waals surface area contributed by atoms with Crippen LogP contribution in [0.3, 0.4) is 0 Å². The predicted molar refractivity (Wildman–Crippen MR) is 69.1 cm³/mol. The molecule has 0 radical (unpaired) electrons. The summed E-state index contributed by atoms with van der Waals surface area (Å²) in [6.07, 6.45) is 0. The Labute approximate surface area is 118 Å². The molecule has 0 atom stereocenters. The van der Waals surface area contributed by atoms with Crippen molar-refractivity contribution < 1.29 is 23.4 Å². The molecule has 20 heavy (non-hydrogen) atoms. The molecule has 1 N–H and O–H groups in total. The van der Waals surface area contributed by atoms with E-state index in [9.17, 15) is 13.6 Å². The molecule has 0 aliphatic heterocycles. The van der Waals surface area contributed by atoms with Gasteiger partial charge in [-0.1, -0.05) is 11.6 Å². The molecular formula is C14H9ClF2O3. The number of halogens is 3. The number of benzene rings is 2. The van der Waals surface area contributed by atoms with Gasteiger partial charge in [-0.2, -0.15) is 0 Å². The fourth-order valence-corrected chi connectivity index (χ4v) is 1.78. The lowest BCUT2D eigenvalue weighted by molar-refractivity contribution is 0.0697. The van der Waals surface area contributed by atoms with Gasteiger partial charge in [0.2, 0.25) is 0 Å². The van der Waals surface area contributed by atoms with E-state index in [0.717, 1.165) is 12.1 Å². The summed E-state index contributed by atoms with van der Waals surface area (Å²) in [6, 6.07) is 7.09. The van der Waals surface area contributed by atoms with Gasteiger partial charge in [0, 0.05) is 11.6 Å². The highest BCUT2D eigenvalue weighted by atomic mass is 35.5. The standard InChI is InChI=1S/C14H9ClF2O3/c15-11-5-8(14(18)19)2-4-13(11)20-7-9-1-3-10(16)6-12(9)17/h1-6H,7H2,(H,18,19). The maximum Gasteiger partial charge on any atom is 0.335 e. The van der Waals surface area contributed by atoms with Gasteiger partial charge in [-0.3, -0.25) is 0 Å². The molecule has 6 heteroatoms. The minimum atomic E-state index is -1.11. The fraction of sp³-hybridized carbons (Fsp3) is 0.0714. The van der Waals surface area contributed by atoms with E-state index in [1.54, 1.807) is 0 Å². The molecule has 0 amide bonds. The Balaban J connectivity index is 2.13. The van der Waals surface area contributed by atoms with Crippen molar-refractivity contribution in [1.82, 2.24) is 0 Å². The number of hydrogen-bond acceptors (Lipinski definition) is 2. The van der Waals surface area contributed by atoms with Crippen LogP contribution in [0.25, 0.3) is 0 Å². The third kappa shape index (κ3) is 3.24. The van der Waals surface area contributed by atoms with Crippen molar-refractivity contribution in [2.24, 2.45) is 0 Å². The van der Waals surface area contributed by atoms with Crippen LogP contribution in [0.5, 0.6) is 5.75 Å². The highest BCUT2D eigenvalue weighted by Crippen LogP contribution is 2.26. The van der Waals surface area contributed by atoms with Crippen LogP contribution in [0.2, 0.25) is 5.02 Å². The molecule has 0 aliphatic rings. The number of carbonyl (C=O) groups is 1. The van der Waals surface area contributed by atoms with Crippen LogP contribution in [-0.4, -0.2) is 11.1 Å². The third-order valence-electron chi connectivity index (χ3n) is 2.58. The van der Waals surface area contributed by atoms with Crippen molar-refractivity contribution in [3.8, 4) is 5.75 Å². The zero-order valence-electron chi connectivity index (χ0n) is 10.1. The zero-order chi connectivity index (χ0) is 14.7. The van der Waals surface area contributed by atoms with Crippen molar-refractivity contribution in [2.45, 2.75) is 6.61 Å². The Kier molecular flexibility index (Phi) is 4.20. The van der Waals surface area contributed by atoms with Gasteiger partial charge < -0.3 is 9.84 Å². The summed E-state index contributed by atoms with van der Waals surface area (Å²) in [5.74, 6) is -2.28. The minimum absolute atomic E-state index is 0.0234. The quantitative estimate of drug-likeness (QED) is 0.931. The number of carboxylic acids is 1. The molecule has 0 spiro atoms. The second kappa shape index (κ2) is 5.88. The Morgan fingerprint density at radius 3 is 2.55 bits per heavy atom. The average molecular weight is 299 g/mol. The van der Waals surface area contributed by atoms with Crippen LogP contribution in [0.15, 0.2) is 36.4 Å². The summed E-state index contributed by atoms with van der Waals surface area (Å²) in [7, 11) is 0. The lowest BCUT2D eigenvalue weighted by Crippen LogP contribution is -2.01. The number of carboxylic acid groups (broad SMARTS) is 1. The maximum absolute atomic E-state index is 13.4. The molecule has 2 aromatic carbocycles. The normalized spacial score (nSPS) is 10.3. The van der Waals surface area contributed by atoms with E-state index < -0.39 is 17.6 Å². The van der Waals surface area contributed by atoms with Gasteiger partial charge in [0.1, 0.15) is 24.0 Å². The van der Waals surface area contributed by atoms with Crippen molar-refractivity contribution in [2.75, 3.05) is 0 Å². The fourth-order valence-electron chi connectivity index (χ4n) is 1.55. The molecule has 0 heterocycles. The molecular weight excluding hydrogens is 290 g/mol. The minimum Gasteiger partial charge on any atom is -0.487 e. The summed E-state index contributed by atoms with van der Waals surface area (Å²) in [4.78, 5) is 10.7. The molecule has 0 aliphatic carbocycles. The highest BCUT2D eigenvalue weighted by Gasteiger charge is 2.09. The summed E-state index contributed by atoms with van der Waals surface area (Å²) >= 11 is 5.86. The van der Waals surface area contributed by atoms with E-state index in [0.29, 0.717) is 0 Å². The zero-order valence-corrected chi connectivity index (χ0v) is 10.8. The number of hydrogen-bond donors (Lipinski definition) is 1. The van der Waals surface area contributed by atoms with E-state index in [1.807, 2.05) is 0 Å². The van der Waals surface area contributed by atoms with Gasteiger partial charge in [-0.25, -0.2) is 13.6 Å². The smallest absolute Gasteiger partial charge is 0.335 e. The summed E-state index contributed by atoms with van der Waals surface area (Å²) in [5, 5.41) is 8.89. The first-order valence-electron chi connectivity index (χ1n) is 5.57. The Bertz CT molecular complexity index is 659. The van der Waals surface area contributed by atoms with Crippen LogP contribution in [0.1, 0.15) is 15.9 Å². The van der Waals surface area contributed by atoms with Gasteiger partial charge in [-0.15, -0.1) is 0 Å². The molecule has 0 bridgehead atoms. The second-order valence-electron chi connectivity index (χ2n) is 3.97. The largest absolute Gasteiger partial charge is 0.487 e. The first-order valence-corrected chi connectivity index (χ1v) is 5.95. The molecule has 0 fully saturated rings.